The van der Waals surface area contributed by atoms with Gasteiger partial charge in [-0.05, 0) is 43.5 Å². The molecule has 3 N–H and O–H groups in total. The van der Waals surface area contributed by atoms with Gasteiger partial charge in [0.15, 0.2) is 0 Å². The quantitative estimate of drug-likeness (QED) is 0.778. The van der Waals surface area contributed by atoms with E-state index in [1.807, 2.05) is 0 Å². The number of rotatable bonds is 4. The van der Waals surface area contributed by atoms with Crippen LogP contribution in [0.25, 0.3) is 0 Å². The molecular formula is C15H22N2O3. The lowest BCUT2D eigenvalue weighted by Crippen LogP contribution is -2.41. The van der Waals surface area contributed by atoms with Gasteiger partial charge in [-0.3, -0.25) is 4.79 Å². The Balaban J connectivity index is 1.94. The maximum absolute atomic E-state index is 12.1. The largest absolute Gasteiger partial charge is 0.507 e. The first-order chi connectivity index (χ1) is 9.61. The van der Waals surface area contributed by atoms with E-state index in [9.17, 15) is 9.90 Å². The molecule has 1 amide bonds. The van der Waals surface area contributed by atoms with Gasteiger partial charge in [-0.25, -0.2) is 0 Å². The van der Waals surface area contributed by atoms with Crippen molar-refractivity contribution < 1.29 is 14.6 Å². The Kier molecular flexibility index (Phi) is 4.84. The van der Waals surface area contributed by atoms with E-state index in [1.165, 1.54) is 13.2 Å². The van der Waals surface area contributed by atoms with Crippen molar-refractivity contribution >= 4 is 5.91 Å². The van der Waals surface area contributed by atoms with Gasteiger partial charge < -0.3 is 20.5 Å². The molecule has 110 valence electrons. The molecule has 0 spiro atoms. The summed E-state index contributed by atoms with van der Waals surface area (Å²) in [6, 6.07) is 4.69. The van der Waals surface area contributed by atoms with Crippen molar-refractivity contribution in [3.63, 3.8) is 0 Å². The number of piperidine rings is 1. The standard InChI is InChI=1S/C15H22N2O3/c1-10-8-16-6-5-11(10)9-17-15(19)13-4-3-12(20-2)7-14(13)18/h3-4,7,10-11,16,18H,5-6,8-9H2,1-2H3,(H,17,19). The molecule has 1 saturated heterocycles. The van der Waals surface area contributed by atoms with Crippen molar-refractivity contribution in [2.75, 3.05) is 26.7 Å². The lowest BCUT2D eigenvalue weighted by Gasteiger charge is -2.29. The molecule has 0 aromatic heterocycles. The number of ether oxygens (including phenoxy) is 1. The highest BCUT2D eigenvalue weighted by Gasteiger charge is 2.22. The molecule has 5 nitrogen and oxygen atoms in total. The molecule has 5 heteroatoms. The van der Waals surface area contributed by atoms with E-state index in [0.29, 0.717) is 24.1 Å². The zero-order valence-corrected chi connectivity index (χ0v) is 12.0. The fraction of sp³-hybridized carbons (Fsp3) is 0.533. The average molecular weight is 278 g/mol. The average Bonchev–Trinajstić information content (AvgIpc) is 2.46. The Morgan fingerprint density at radius 2 is 2.35 bits per heavy atom. The molecule has 0 aliphatic carbocycles. The third-order valence-electron chi connectivity index (χ3n) is 3.94. The zero-order chi connectivity index (χ0) is 14.5. The molecule has 1 heterocycles. The van der Waals surface area contributed by atoms with Gasteiger partial charge in [0.1, 0.15) is 11.5 Å². The van der Waals surface area contributed by atoms with Crippen molar-refractivity contribution in [2.45, 2.75) is 13.3 Å². The van der Waals surface area contributed by atoms with Crippen molar-refractivity contribution in [1.82, 2.24) is 10.6 Å². The Labute approximate surface area is 119 Å². The van der Waals surface area contributed by atoms with Crippen LogP contribution in [-0.4, -0.2) is 37.8 Å². The number of hydrogen-bond acceptors (Lipinski definition) is 4. The van der Waals surface area contributed by atoms with Crippen LogP contribution in [0.1, 0.15) is 23.7 Å². The summed E-state index contributed by atoms with van der Waals surface area (Å²) in [6.45, 7) is 4.83. The van der Waals surface area contributed by atoms with E-state index in [-0.39, 0.29) is 17.2 Å². The van der Waals surface area contributed by atoms with Crippen LogP contribution in [0.4, 0.5) is 0 Å². The second-order valence-corrected chi connectivity index (χ2v) is 5.32. The Hall–Kier alpha value is -1.75. The number of methoxy groups -OCH3 is 1. The van der Waals surface area contributed by atoms with Crippen LogP contribution < -0.4 is 15.4 Å². The molecule has 0 bridgehead atoms. The highest BCUT2D eigenvalue weighted by Crippen LogP contribution is 2.23. The third-order valence-corrected chi connectivity index (χ3v) is 3.94. The summed E-state index contributed by atoms with van der Waals surface area (Å²) in [6.07, 6.45) is 1.07. The zero-order valence-electron chi connectivity index (χ0n) is 12.0. The minimum atomic E-state index is -0.240. The van der Waals surface area contributed by atoms with Gasteiger partial charge in [0, 0.05) is 12.6 Å². The van der Waals surface area contributed by atoms with Crippen LogP contribution in [0.2, 0.25) is 0 Å². The second-order valence-electron chi connectivity index (χ2n) is 5.32. The molecule has 2 rings (SSSR count). The number of hydrogen-bond donors (Lipinski definition) is 3. The maximum atomic E-state index is 12.1. The van der Waals surface area contributed by atoms with Gasteiger partial charge in [-0.1, -0.05) is 6.92 Å². The van der Waals surface area contributed by atoms with Crippen LogP contribution >= 0.6 is 0 Å². The van der Waals surface area contributed by atoms with Crippen LogP contribution in [0, 0.1) is 11.8 Å². The number of carbonyl (C=O) groups excluding carboxylic acids is 1. The summed E-state index contributed by atoms with van der Waals surface area (Å²) in [4.78, 5) is 12.1. The van der Waals surface area contributed by atoms with E-state index in [4.69, 9.17) is 4.74 Å². The van der Waals surface area contributed by atoms with E-state index in [2.05, 4.69) is 17.6 Å². The SMILES string of the molecule is COc1ccc(C(=O)NCC2CCNCC2C)c(O)c1. The molecule has 1 aromatic carbocycles. The van der Waals surface area contributed by atoms with Crippen molar-refractivity contribution in [2.24, 2.45) is 11.8 Å². The van der Waals surface area contributed by atoms with Gasteiger partial charge in [0.25, 0.3) is 5.91 Å². The molecular weight excluding hydrogens is 256 g/mol. The molecule has 1 aliphatic heterocycles. The number of nitrogens with one attached hydrogen (secondary N) is 2. The summed E-state index contributed by atoms with van der Waals surface area (Å²) in [5, 5.41) is 16.1. The van der Waals surface area contributed by atoms with Gasteiger partial charge in [-0.15, -0.1) is 0 Å². The number of aromatic hydroxyl groups is 1. The molecule has 2 atom stereocenters. The summed E-state index contributed by atoms with van der Waals surface area (Å²) in [7, 11) is 1.52. The first-order valence-electron chi connectivity index (χ1n) is 6.97. The summed E-state index contributed by atoms with van der Waals surface area (Å²) in [5.41, 5.74) is 0.285. The number of amides is 1. The highest BCUT2D eigenvalue weighted by atomic mass is 16.5. The van der Waals surface area contributed by atoms with Crippen LogP contribution in [0.5, 0.6) is 11.5 Å². The fourth-order valence-electron chi connectivity index (χ4n) is 2.52. The van der Waals surface area contributed by atoms with Gasteiger partial charge in [0.05, 0.1) is 12.7 Å². The highest BCUT2D eigenvalue weighted by molar-refractivity contribution is 5.97. The first kappa shape index (κ1) is 14.7. The molecule has 0 radical (unpaired) electrons. The van der Waals surface area contributed by atoms with E-state index >= 15 is 0 Å². The number of phenols is 1. The topological polar surface area (TPSA) is 70.6 Å². The first-order valence-corrected chi connectivity index (χ1v) is 6.97. The maximum Gasteiger partial charge on any atom is 0.255 e. The Morgan fingerprint density at radius 3 is 3.00 bits per heavy atom. The predicted octanol–water partition coefficient (Wildman–Crippen LogP) is 1.38. The van der Waals surface area contributed by atoms with Gasteiger partial charge >= 0.3 is 0 Å². The predicted molar refractivity (Wildman–Crippen MR) is 77.1 cm³/mol. The normalized spacial score (nSPS) is 22.3. The molecule has 0 saturated carbocycles. The lowest BCUT2D eigenvalue weighted by molar-refractivity contribution is 0.0935. The second kappa shape index (κ2) is 6.61. The summed E-state index contributed by atoms with van der Waals surface area (Å²) in [5.74, 6) is 1.27. The molecule has 20 heavy (non-hydrogen) atoms. The Bertz CT molecular complexity index is 476. The van der Waals surface area contributed by atoms with E-state index in [1.54, 1.807) is 12.1 Å². The third kappa shape index (κ3) is 3.42. The van der Waals surface area contributed by atoms with Crippen LogP contribution in [-0.2, 0) is 0 Å². The number of carbonyl (C=O) groups is 1. The van der Waals surface area contributed by atoms with E-state index < -0.39 is 0 Å². The molecule has 1 fully saturated rings. The van der Waals surface area contributed by atoms with Crippen LogP contribution in [0.3, 0.4) is 0 Å². The van der Waals surface area contributed by atoms with E-state index in [0.717, 1.165) is 19.5 Å². The van der Waals surface area contributed by atoms with Crippen molar-refractivity contribution in [3.8, 4) is 11.5 Å². The molecule has 1 aromatic rings. The minimum absolute atomic E-state index is 0.0554. The smallest absolute Gasteiger partial charge is 0.255 e. The van der Waals surface area contributed by atoms with Gasteiger partial charge in [-0.2, -0.15) is 0 Å². The van der Waals surface area contributed by atoms with Gasteiger partial charge in [0.2, 0.25) is 0 Å². The van der Waals surface area contributed by atoms with Crippen molar-refractivity contribution in [1.29, 1.82) is 0 Å². The monoisotopic (exact) mass is 278 g/mol. The fourth-order valence-corrected chi connectivity index (χ4v) is 2.52. The summed E-state index contributed by atoms with van der Waals surface area (Å²) >= 11 is 0. The Morgan fingerprint density at radius 1 is 1.55 bits per heavy atom. The molecule has 2 unspecified atom stereocenters. The van der Waals surface area contributed by atoms with Crippen molar-refractivity contribution in [3.05, 3.63) is 23.8 Å². The number of benzene rings is 1. The number of phenolic OH excluding ortho intramolecular Hbond substituents is 1. The summed E-state index contributed by atoms with van der Waals surface area (Å²) < 4.78 is 5.00. The van der Waals surface area contributed by atoms with Crippen LogP contribution in [0.15, 0.2) is 18.2 Å². The molecule has 1 aliphatic rings. The minimum Gasteiger partial charge on any atom is -0.507 e. The lowest BCUT2D eigenvalue weighted by atomic mass is 9.88.